The normalized spacial score (nSPS) is 8.90. The lowest BCUT2D eigenvalue weighted by molar-refractivity contribution is 0.621. The number of aromatic nitrogens is 1. The molecule has 0 aliphatic heterocycles. The first-order chi connectivity index (χ1) is 4.75. The van der Waals surface area contributed by atoms with Gasteiger partial charge in [-0.15, -0.1) is 0 Å². The van der Waals surface area contributed by atoms with Gasteiger partial charge >= 0.3 is 0 Å². The lowest BCUT2D eigenvalue weighted by Gasteiger charge is -1.91. The molecule has 0 aliphatic carbocycles. The number of hydrogen-bond acceptors (Lipinski definition) is 2. The van der Waals surface area contributed by atoms with Gasteiger partial charge in [0.2, 0.25) is 0 Å². The Hall–Kier alpha value is -1.14. The van der Waals surface area contributed by atoms with E-state index in [4.69, 9.17) is 16.9 Å². The third-order valence-electron chi connectivity index (χ3n) is 0.966. The molecule has 0 radical (unpaired) electrons. The van der Waals surface area contributed by atoms with Gasteiger partial charge in [0, 0.05) is 6.20 Å². The molecule has 0 saturated heterocycles. The maximum atomic E-state index is 12.5. The second kappa shape index (κ2) is 2.63. The zero-order valence-corrected chi connectivity index (χ0v) is 5.56. The fraction of sp³-hybridized carbons (Fsp3) is 0. The summed E-state index contributed by atoms with van der Waals surface area (Å²) >= 11 is 5.36. The third kappa shape index (κ3) is 1.07. The molecule has 4 heteroatoms. The molecule has 0 bridgehead atoms. The Bertz CT molecular complexity index is 272. The van der Waals surface area contributed by atoms with Crippen LogP contribution in [0.3, 0.4) is 0 Å². The van der Waals surface area contributed by atoms with Gasteiger partial charge in [0.1, 0.15) is 22.6 Å². The van der Waals surface area contributed by atoms with Gasteiger partial charge in [0.15, 0.2) is 0 Å². The van der Waals surface area contributed by atoms with E-state index in [9.17, 15) is 4.39 Å². The molecular weight excluding hydrogens is 155 g/mol. The van der Waals surface area contributed by atoms with E-state index in [1.165, 1.54) is 6.20 Å². The van der Waals surface area contributed by atoms with Crippen molar-refractivity contribution in [3.8, 4) is 6.07 Å². The van der Waals surface area contributed by atoms with Crippen LogP contribution < -0.4 is 0 Å². The van der Waals surface area contributed by atoms with Gasteiger partial charge in [-0.1, -0.05) is 11.6 Å². The number of hydrogen-bond donors (Lipinski definition) is 0. The van der Waals surface area contributed by atoms with Crippen molar-refractivity contribution < 1.29 is 4.39 Å². The van der Waals surface area contributed by atoms with Crippen LogP contribution in [0.2, 0.25) is 5.15 Å². The van der Waals surface area contributed by atoms with Crippen LogP contribution in [0.25, 0.3) is 0 Å². The standard InChI is InChI=1S/C6H2ClFN2/c7-6-4(3-9)5(8)1-2-10-6/h1-2H. The largest absolute Gasteiger partial charge is 0.243 e. The van der Waals surface area contributed by atoms with E-state index < -0.39 is 5.82 Å². The molecule has 0 saturated carbocycles. The number of nitrogens with zero attached hydrogens (tertiary/aromatic N) is 2. The highest BCUT2D eigenvalue weighted by Gasteiger charge is 2.04. The maximum absolute atomic E-state index is 12.5. The summed E-state index contributed by atoms with van der Waals surface area (Å²) in [4.78, 5) is 3.51. The van der Waals surface area contributed by atoms with Crippen LogP contribution in [0.1, 0.15) is 5.56 Å². The highest BCUT2D eigenvalue weighted by Crippen LogP contribution is 2.13. The summed E-state index contributed by atoms with van der Waals surface area (Å²) in [5, 5.41) is 8.19. The first kappa shape index (κ1) is 6.97. The second-order valence-corrected chi connectivity index (χ2v) is 1.93. The van der Waals surface area contributed by atoms with Crippen molar-refractivity contribution in [3.63, 3.8) is 0 Å². The molecule has 0 aliphatic rings. The number of nitriles is 1. The molecule has 1 aromatic heterocycles. The molecule has 0 spiro atoms. The lowest BCUT2D eigenvalue weighted by atomic mass is 10.3. The molecule has 0 amide bonds. The Morgan fingerprint density at radius 3 is 2.80 bits per heavy atom. The van der Waals surface area contributed by atoms with Crippen LogP contribution >= 0.6 is 11.6 Å². The molecule has 0 unspecified atom stereocenters. The minimum absolute atomic E-state index is 0.0949. The first-order valence-corrected chi connectivity index (χ1v) is 2.83. The number of pyridine rings is 1. The molecule has 1 heterocycles. The number of halogens is 2. The fourth-order valence-corrected chi connectivity index (χ4v) is 0.703. The third-order valence-corrected chi connectivity index (χ3v) is 1.25. The molecule has 10 heavy (non-hydrogen) atoms. The monoisotopic (exact) mass is 156 g/mol. The minimum Gasteiger partial charge on any atom is -0.243 e. The number of rotatable bonds is 0. The summed E-state index contributed by atoms with van der Waals surface area (Å²) in [6, 6.07) is 2.68. The van der Waals surface area contributed by atoms with Crippen LogP contribution in [-0.4, -0.2) is 4.98 Å². The molecule has 1 aromatic rings. The first-order valence-electron chi connectivity index (χ1n) is 2.46. The quantitative estimate of drug-likeness (QED) is 0.537. The van der Waals surface area contributed by atoms with Crippen molar-refractivity contribution in [1.29, 1.82) is 5.26 Å². The predicted molar refractivity (Wildman–Crippen MR) is 33.9 cm³/mol. The SMILES string of the molecule is N#Cc1c(F)ccnc1Cl. The molecule has 0 N–H and O–H groups in total. The topological polar surface area (TPSA) is 36.7 Å². The lowest BCUT2D eigenvalue weighted by Crippen LogP contribution is -1.86. The Labute approximate surface area is 61.9 Å². The van der Waals surface area contributed by atoms with Gasteiger partial charge in [-0.3, -0.25) is 0 Å². The summed E-state index contributed by atoms with van der Waals surface area (Å²) in [5.74, 6) is -0.637. The molecular formula is C6H2ClFN2. The van der Waals surface area contributed by atoms with Gasteiger partial charge in [0.05, 0.1) is 0 Å². The van der Waals surface area contributed by atoms with Crippen molar-refractivity contribution in [1.82, 2.24) is 4.98 Å². The molecule has 0 aromatic carbocycles. The fourth-order valence-electron chi connectivity index (χ4n) is 0.514. The zero-order chi connectivity index (χ0) is 7.56. The Kier molecular flexibility index (Phi) is 1.83. The maximum Gasteiger partial charge on any atom is 0.149 e. The second-order valence-electron chi connectivity index (χ2n) is 1.57. The zero-order valence-electron chi connectivity index (χ0n) is 4.81. The van der Waals surface area contributed by atoms with E-state index in [0.717, 1.165) is 6.07 Å². The summed E-state index contributed by atoms with van der Waals surface area (Å²) in [6.45, 7) is 0. The molecule has 1 rings (SSSR count). The van der Waals surface area contributed by atoms with Gasteiger partial charge < -0.3 is 0 Å². The van der Waals surface area contributed by atoms with E-state index in [1.807, 2.05) is 0 Å². The van der Waals surface area contributed by atoms with Gasteiger partial charge in [-0.2, -0.15) is 5.26 Å². The highest BCUT2D eigenvalue weighted by molar-refractivity contribution is 6.30. The van der Waals surface area contributed by atoms with E-state index in [-0.39, 0.29) is 10.7 Å². The molecule has 2 nitrogen and oxygen atoms in total. The Balaban J connectivity index is 3.34. The van der Waals surface area contributed by atoms with Crippen molar-refractivity contribution in [2.45, 2.75) is 0 Å². The van der Waals surface area contributed by atoms with Crippen LogP contribution in [-0.2, 0) is 0 Å². The molecule has 50 valence electrons. The van der Waals surface area contributed by atoms with Gasteiger partial charge in [-0.05, 0) is 6.07 Å². The Morgan fingerprint density at radius 2 is 2.40 bits per heavy atom. The van der Waals surface area contributed by atoms with E-state index in [2.05, 4.69) is 4.98 Å². The van der Waals surface area contributed by atoms with Gasteiger partial charge in [0.25, 0.3) is 0 Å². The van der Waals surface area contributed by atoms with Crippen molar-refractivity contribution in [2.24, 2.45) is 0 Å². The average molecular weight is 157 g/mol. The average Bonchev–Trinajstić information content (AvgIpc) is 1.88. The summed E-state index contributed by atoms with van der Waals surface area (Å²) in [6.07, 6.45) is 1.21. The van der Waals surface area contributed by atoms with Crippen molar-refractivity contribution in [2.75, 3.05) is 0 Å². The van der Waals surface area contributed by atoms with Crippen LogP contribution in [0.15, 0.2) is 12.3 Å². The van der Waals surface area contributed by atoms with Crippen LogP contribution in [0.4, 0.5) is 4.39 Å². The van der Waals surface area contributed by atoms with E-state index >= 15 is 0 Å². The van der Waals surface area contributed by atoms with Crippen LogP contribution in [0.5, 0.6) is 0 Å². The molecule has 0 fully saturated rings. The Morgan fingerprint density at radius 1 is 1.70 bits per heavy atom. The predicted octanol–water partition coefficient (Wildman–Crippen LogP) is 1.75. The van der Waals surface area contributed by atoms with E-state index in [1.54, 1.807) is 6.07 Å². The smallest absolute Gasteiger partial charge is 0.149 e. The molecule has 0 atom stereocenters. The highest BCUT2D eigenvalue weighted by atomic mass is 35.5. The summed E-state index contributed by atoms with van der Waals surface area (Å²) < 4.78 is 12.5. The van der Waals surface area contributed by atoms with E-state index in [0.29, 0.717) is 0 Å². The minimum atomic E-state index is -0.637. The summed E-state index contributed by atoms with van der Waals surface area (Å²) in [7, 11) is 0. The van der Waals surface area contributed by atoms with Crippen LogP contribution in [0, 0.1) is 17.1 Å². The van der Waals surface area contributed by atoms with Gasteiger partial charge in [-0.25, -0.2) is 9.37 Å². The van der Waals surface area contributed by atoms with Crippen molar-refractivity contribution >= 4 is 11.6 Å². The summed E-state index contributed by atoms with van der Waals surface area (Å²) in [5.41, 5.74) is -0.204. The van der Waals surface area contributed by atoms with Crippen molar-refractivity contribution in [3.05, 3.63) is 28.8 Å².